The first kappa shape index (κ1) is 14.0. The zero-order valence-corrected chi connectivity index (χ0v) is 13.1. The number of nitrogens with zero attached hydrogens (tertiary/aromatic N) is 3. The molecule has 2 heterocycles. The molecule has 1 aromatic carbocycles. The fourth-order valence-electron chi connectivity index (χ4n) is 2.39. The van der Waals surface area contributed by atoms with Gasteiger partial charge in [0.25, 0.3) is 0 Å². The van der Waals surface area contributed by atoms with Crippen molar-refractivity contribution in [2.75, 3.05) is 13.7 Å². The fraction of sp³-hybridized carbons (Fsp3) is 0.267. The molecule has 0 fully saturated rings. The van der Waals surface area contributed by atoms with E-state index in [1.54, 1.807) is 30.5 Å². The minimum Gasteiger partial charge on any atom is -0.492 e. The highest BCUT2D eigenvalue weighted by Gasteiger charge is 2.32. The molecule has 21 heavy (non-hydrogen) atoms. The summed E-state index contributed by atoms with van der Waals surface area (Å²) in [5, 5.41) is 0. The molecule has 0 spiro atoms. The van der Waals surface area contributed by atoms with Crippen LogP contribution in [0.5, 0.6) is 5.75 Å². The zero-order valence-electron chi connectivity index (χ0n) is 11.5. The lowest BCUT2D eigenvalue weighted by Gasteiger charge is -2.20. The van der Waals surface area contributed by atoms with Crippen molar-refractivity contribution in [3.63, 3.8) is 0 Å². The normalized spacial score (nSPS) is 16.2. The number of halogens is 1. The Hall–Kier alpha value is -1.95. The highest BCUT2D eigenvalue weighted by molar-refractivity contribution is 9.10. The van der Waals surface area contributed by atoms with Crippen LogP contribution in [0.1, 0.15) is 17.2 Å². The van der Waals surface area contributed by atoms with Crippen LogP contribution in [-0.4, -0.2) is 34.4 Å². The van der Waals surface area contributed by atoms with E-state index in [9.17, 15) is 4.79 Å². The SMILES string of the molecule is CN(Cc1cnccn1)C(=O)C1COc2ccc(Br)cc21. The molecule has 2 aromatic rings. The van der Waals surface area contributed by atoms with Crippen molar-refractivity contribution in [3.05, 3.63) is 52.5 Å². The summed E-state index contributed by atoms with van der Waals surface area (Å²) in [6.07, 6.45) is 4.90. The van der Waals surface area contributed by atoms with E-state index in [1.807, 2.05) is 18.2 Å². The summed E-state index contributed by atoms with van der Waals surface area (Å²) in [5.74, 6) is 0.543. The molecule has 5 nitrogen and oxygen atoms in total. The molecule has 1 atom stereocenters. The minimum absolute atomic E-state index is 0.0255. The Kier molecular flexibility index (Phi) is 3.88. The number of carbonyl (C=O) groups is 1. The number of fused-ring (bicyclic) bond motifs is 1. The van der Waals surface area contributed by atoms with Gasteiger partial charge >= 0.3 is 0 Å². The summed E-state index contributed by atoms with van der Waals surface area (Å²) in [6.45, 7) is 0.821. The molecule has 0 bridgehead atoms. The molecule has 0 radical (unpaired) electrons. The van der Waals surface area contributed by atoms with Crippen LogP contribution in [0.4, 0.5) is 0 Å². The molecule has 1 amide bonds. The lowest BCUT2D eigenvalue weighted by Crippen LogP contribution is -2.32. The number of carbonyl (C=O) groups excluding carboxylic acids is 1. The van der Waals surface area contributed by atoms with Crippen LogP contribution in [-0.2, 0) is 11.3 Å². The Morgan fingerprint density at radius 2 is 2.33 bits per heavy atom. The standard InChI is InChI=1S/C15H14BrN3O2/c1-19(8-11-7-17-4-5-18-11)15(20)13-9-21-14-3-2-10(16)6-12(13)14/h2-7,13H,8-9H2,1H3. The van der Waals surface area contributed by atoms with Crippen molar-refractivity contribution in [2.24, 2.45) is 0 Å². The predicted molar refractivity (Wildman–Crippen MR) is 80.9 cm³/mol. The number of hydrogen-bond acceptors (Lipinski definition) is 4. The Bertz CT molecular complexity index is 663. The Morgan fingerprint density at radius 1 is 1.48 bits per heavy atom. The minimum atomic E-state index is -0.265. The quantitative estimate of drug-likeness (QED) is 0.855. The molecule has 1 unspecified atom stereocenters. The van der Waals surface area contributed by atoms with Gasteiger partial charge in [0.15, 0.2) is 0 Å². The molecule has 0 aliphatic carbocycles. The fourth-order valence-corrected chi connectivity index (χ4v) is 2.77. The van der Waals surface area contributed by atoms with Crippen LogP contribution in [0.25, 0.3) is 0 Å². The van der Waals surface area contributed by atoms with Crippen molar-refractivity contribution in [1.82, 2.24) is 14.9 Å². The number of hydrogen-bond donors (Lipinski definition) is 0. The van der Waals surface area contributed by atoms with Crippen molar-refractivity contribution in [2.45, 2.75) is 12.5 Å². The van der Waals surface area contributed by atoms with E-state index in [2.05, 4.69) is 25.9 Å². The second kappa shape index (κ2) is 5.81. The summed E-state index contributed by atoms with van der Waals surface area (Å²) >= 11 is 3.43. The topological polar surface area (TPSA) is 55.3 Å². The van der Waals surface area contributed by atoms with Gasteiger partial charge in [-0.05, 0) is 18.2 Å². The highest BCUT2D eigenvalue weighted by Crippen LogP contribution is 2.36. The molecule has 6 heteroatoms. The largest absolute Gasteiger partial charge is 0.492 e. The van der Waals surface area contributed by atoms with Crippen LogP contribution in [0.3, 0.4) is 0 Å². The predicted octanol–water partition coefficient (Wildman–Crippen LogP) is 2.37. The number of likely N-dealkylation sites (N-methyl/N-ethyl adjacent to an activating group) is 1. The molecular weight excluding hydrogens is 334 g/mol. The molecule has 1 aliphatic heterocycles. The van der Waals surface area contributed by atoms with E-state index in [-0.39, 0.29) is 11.8 Å². The molecular formula is C15H14BrN3O2. The van der Waals surface area contributed by atoms with Gasteiger partial charge in [-0.25, -0.2) is 0 Å². The lowest BCUT2D eigenvalue weighted by molar-refractivity contribution is -0.132. The highest BCUT2D eigenvalue weighted by atomic mass is 79.9. The molecule has 1 aromatic heterocycles. The van der Waals surface area contributed by atoms with Gasteiger partial charge in [0.2, 0.25) is 5.91 Å². The third-order valence-electron chi connectivity index (χ3n) is 3.44. The molecule has 0 saturated carbocycles. The van der Waals surface area contributed by atoms with Gasteiger partial charge in [-0.15, -0.1) is 0 Å². The number of aromatic nitrogens is 2. The van der Waals surface area contributed by atoms with Crippen LogP contribution in [0.15, 0.2) is 41.3 Å². The average molecular weight is 348 g/mol. The third kappa shape index (κ3) is 2.90. The number of amides is 1. The molecule has 0 N–H and O–H groups in total. The van der Waals surface area contributed by atoms with Crippen molar-refractivity contribution >= 4 is 21.8 Å². The lowest BCUT2D eigenvalue weighted by atomic mass is 10.00. The summed E-state index contributed by atoms with van der Waals surface area (Å²) < 4.78 is 6.54. The van der Waals surface area contributed by atoms with Gasteiger partial charge in [0.1, 0.15) is 18.3 Å². The Morgan fingerprint density at radius 3 is 3.10 bits per heavy atom. The van der Waals surface area contributed by atoms with E-state index in [0.717, 1.165) is 21.5 Å². The summed E-state index contributed by atoms with van der Waals surface area (Å²) in [4.78, 5) is 22.5. The maximum Gasteiger partial charge on any atom is 0.233 e. The van der Waals surface area contributed by atoms with Gasteiger partial charge in [0.05, 0.1) is 18.4 Å². The van der Waals surface area contributed by atoms with Crippen molar-refractivity contribution in [1.29, 1.82) is 0 Å². The molecule has 108 valence electrons. The maximum absolute atomic E-state index is 12.6. The van der Waals surface area contributed by atoms with Crippen LogP contribution in [0.2, 0.25) is 0 Å². The second-order valence-corrected chi connectivity index (χ2v) is 5.85. The summed E-state index contributed by atoms with van der Waals surface area (Å²) in [7, 11) is 1.77. The van der Waals surface area contributed by atoms with E-state index < -0.39 is 0 Å². The van der Waals surface area contributed by atoms with Crippen molar-refractivity contribution in [3.8, 4) is 5.75 Å². The smallest absolute Gasteiger partial charge is 0.233 e. The van der Waals surface area contributed by atoms with Gasteiger partial charge in [-0.1, -0.05) is 15.9 Å². The van der Waals surface area contributed by atoms with Gasteiger partial charge in [-0.2, -0.15) is 0 Å². The van der Waals surface area contributed by atoms with E-state index in [1.165, 1.54) is 0 Å². The first-order valence-electron chi connectivity index (χ1n) is 6.57. The van der Waals surface area contributed by atoms with Crippen LogP contribution in [0, 0.1) is 0 Å². The van der Waals surface area contributed by atoms with E-state index in [4.69, 9.17) is 4.74 Å². The van der Waals surface area contributed by atoms with E-state index >= 15 is 0 Å². The molecule has 3 rings (SSSR count). The van der Waals surface area contributed by atoms with Gasteiger partial charge in [0, 0.05) is 29.5 Å². The number of rotatable bonds is 3. The molecule has 1 aliphatic rings. The van der Waals surface area contributed by atoms with Crippen molar-refractivity contribution < 1.29 is 9.53 Å². The number of benzene rings is 1. The summed E-state index contributed by atoms with van der Waals surface area (Å²) in [5.41, 5.74) is 1.70. The Labute approximate surface area is 131 Å². The maximum atomic E-state index is 12.6. The first-order chi connectivity index (χ1) is 10.1. The molecule has 0 saturated heterocycles. The van der Waals surface area contributed by atoms with Gasteiger partial charge < -0.3 is 9.64 Å². The monoisotopic (exact) mass is 347 g/mol. The average Bonchev–Trinajstić information content (AvgIpc) is 2.90. The summed E-state index contributed by atoms with van der Waals surface area (Å²) in [6, 6.07) is 5.74. The van der Waals surface area contributed by atoms with Crippen LogP contribution < -0.4 is 4.74 Å². The number of ether oxygens (including phenoxy) is 1. The first-order valence-corrected chi connectivity index (χ1v) is 7.36. The zero-order chi connectivity index (χ0) is 14.8. The third-order valence-corrected chi connectivity index (χ3v) is 3.94. The van der Waals surface area contributed by atoms with Gasteiger partial charge in [-0.3, -0.25) is 14.8 Å². The second-order valence-electron chi connectivity index (χ2n) is 4.94. The Balaban J connectivity index is 1.76. The van der Waals surface area contributed by atoms with Crippen LogP contribution >= 0.6 is 15.9 Å². The van der Waals surface area contributed by atoms with E-state index in [0.29, 0.717) is 13.2 Å².